The SMILES string of the molecule is CC(C(=O)OCc1ccccc1)C1CCC(C(=O)O)CN1. The number of nitrogens with one attached hydrogen (secondary N) is 1. The number of carbonyl (C=O) groups is 2. The number of carbonyl (C=O) groups excluding carboxylic acids is 1. The van der Waals surface area contributed by atoms with Gasteiger partial charge in [-0.3, -0.25) is 9.59 Å². The monoisotopic (exact) mass is 291 g/mol. The minimum atomic E-state index is -0.778. The lowest BCUT2D eigenvalue weighted by Crippen LogP contribution is -2.47. The van der Waals surface area contributed by atoms with Crippen molar-refractivity contribution in [2.45, 2.75) is 32.4 Å². The highest BCUT2D eigenvalue weighted by Gasteiger charge is 2.31. The van der Waals surface area contributed by atoms with Crippen LogP contribution in [0, 0.1) is 11.8 Å². The van der Waals surface area contributed by atoms with Gasteiger partial charge in [-0.05, 0) is 18.4 Å². The number of aliphatic carboxylic acids is 1. The number of hydrogen-bond acceptors (Lipinski definition) is 4. The summed E-state index contributed by atoms with van der Waals surface area (Å²) < 4.78 is 5.32. The van der Waals surface area contributed by atoms with Crippen LogP contribution in [0.1, 0.15) is 25.3 Å². The first-order valence-electron chi connectivity index (χ1n) is 7.24. The molecule has 0 spiro atoms. The molecule has 2 rings (SSSR count). The van der Waals surface area contributed by atoms with E-state index in [1.807, 2.05) is 37.3 Å². The van der Waals surface area contributed by atoms with Crippen LogP contribution >= 0.6 is 0 Å². The molecule has 1 saturated heterocycles. The fourth-order valence-corrected chi connectivity index (χ4v) is 2.54. The molecule has 0 aliphatic carbocycles. The molecular weight excluding hydrogens is 270 g/mol. The lowest BCUT2D eigenvalue weighted by Gasteiger charge is -2.30. The van der Waals surface area contributed by atoms with Gasteiger partial charge in [0.15, 0.2) is 0 Å². The second-order valence-electron chi connectivity index (χ2n) is 5.51. The number of carboxylic acids is 1. The quantitative estimate of drug-likeness (QED) is 0.809. The Hall–Kier alpha value is -1.88. The third-order valence-electron chi connectivity index (χ3n) is 4.00. The summed E-state index contributed by atoms with van der Waals surface area (Å²) in [6.45, 7) is 2.51. The van der Waals surface area contributed by atoms with Crippen molar-refractivity contribution in [2.24, 2.45) is 11.8 Å². The van der Waals surface area contributed by atoms with Gasteiger partial charge in [-0.25, -0.2) is 0 Å². The van der Waals surface area contributed by atoms with Gasteiger partial charge in [-0.2, -0.15) is 0 Å². The van der Waals surface area contributed by atoms with Gasteiger partial charge >= 0.3 is 11.9 Å². The maximum atomic E-state index is 12.1. The Kier molecular flexibility index (Phi) is 5.33. The minimum Gasteiger partial charge on any atom is -0.481 e. The summed E-state index contributed by atoms with van der Waals surface area (Å²) in [5.41, 5.74) is 0.959. The Morgan fingerprint density at radius 2 is 2.05 bits per heavy atom. The van der Waals surface area contributed by atoms with E-state index in [9.17, 15) is 9.59 Å². The van der Waals surface area contributed by atoms with Crippen molar-refractivity contribution >= 4 is 11.9 Å². The van der Waals surface area contributed by atoms with Crippen LogP contribution in [0.4, 0.5) is 0 Å². The predicted molar refractivity (Wildman–Crippen MR) is 77.6 cm³/mol. The first-order valence-corrected chi connectivity index (χ1v) is 7.24. The molecule has 3 unspecified atom stereocenters. The van der Waals surface area contributed by atoms with Crippen molar-refractivity contribution < 1.29 is 19.4 Å². The third-order valence-corrected chi connectivity index (χ3v) is 4.00. The molecule has 1 aliphatic heterocycles. The maximum Gasteiger partial charge on any atom is 0.310 e. The number of hydrogen-bond donors (Lipinski definition) is 2. The number of rotatable bonds is 5. The number of carboxylic acid groups (broad SMARTS) is 1. The van der Waals surface area contributed by atoms with Gasteiger partial charge < -0.3 is 15.2 Å². The Morgan fingerprint density at radius 1 is 1.33 bits per heavy atom. The van der Waals surface area contributed by atoms with Crippen LogP contribution in [0.2, 0.25) is 0 Å². The van der Waals surface area contributed by atoms with Crippen molar-refractivity contribution in [3.05, 3.63) is 35.9 Å². The van der Waals surface area contributed by atoms with Crippen molar-refractivity contribution in [3.8, 4) is 0 Å². The average molecular weight is 291 g/mol. The lowest BCUT2D eigenvalue weighted by molar-refractivity contribution is -0.150. The second-order valence-corrected chi connectivity index (χ2v) is 5.51. The zero-order chi connectivity index (χ0) is 15.2. The fraction of sp³-hybridized carbons (Fsp3) is 0.500. The average Bonchev–Trinajstić information content (AvgIpc) is 2.53. The summed E-state index contributed by atoms with van der Waals surface area (Å²) in [5, 5.41) is 12.1. The topological polar surface area (TPSA) is 75.6 Å². The zero-order valence-electron chi connectivity index (χ0n) is 12.1. The van der Waals surface area contributed by atoms with Gasteiger partial charge in [0.2, 0.25) is 0 Å². The molecule has 3 atom stereocenters. The summed E-state index contributed by atoms with van der Waals surface area (Å²) in [5.74, 6) is -1.65. The molecule has 1 aliphatic rings. The predicted octanol–water partition coefficient (Wildman–Crippen LogP) is 1.82. The highest BCUT2D eigenvalue weighted by atomic mass is 16.5. The summed E-state index contributed by atoms with van der Waals surface area (Å²) in [6, 6.07) is 9.54. The molecule has 1 aromatic rings. The molecule has 5 nitrogen and oxygen atoms in total. The van der Waals surface area contributed by atoms with E-state index in [0.29, 0.717) is 19.4 Å². The first kappa shape index (κ1) is 15.5. The van der Waals surface area contributed by atoms with Crippen molar-refractivity contribution in [3.63, 3.8) is 0 Å². The second kappa shape index (κ2) is 7.22. The van der Waals surface area contributed by atoms with Crippen LogP contribution in [0.3, 0.4) is 0 Å². The van der Waals surface area contributed by atoms with Crippen LogP contribution in [0.15, 0.2) is 30.3 Å². The molecule has 0 radical (unpaired) electrons. The molecule has 0 aromatic heterocycles. The normalized spacial score (nSPS) is 23.3. The largest absolute Gasteiger partial charge is 0.481 e. The van der Waals surface area contributed by atoms with Crippen LogP contribution in [-0.2, 0) is 20.9 Å². The Bertz CT molecular complexity index is 480. The van der Waals surface area contributed by atoms with E-state index in [0.717, 1.165) is 5.56 Å². The number of piperidine rings is 1. The molecule has 2 N–H and O–H groups in total. The number of benzene rings is 1. The summed E-state index contributed by atoms with van der Waals surface area (Å²) in [4.78, 5) is 22.9. The van der Waals surface area contributed by atoms with Crippen LogP contribution in [-0.4, -0.2) is 29.6 Å². The smallest absolute Gasteiger partial charge is 0.310 e. The Labute approximate surface area is 124 Å². The van der Waals surface area contributed by atoms with Crippen LogP contribution in [0.25, 0.3) is 0 Å². The van der Waals surface area contributed by atoms with Gasteiger partial charge in [0.25, 0.3) is 0 Å². The summed E-state index contributed by atoms with van der Waals surface area (Å²) in [7, 11) is 0. The van der Waals surface area contributed by atoms with Crippen LogP contribution < -0.4 is 5.32 Å². The van der Waals surface area contributed by atoms with E-state index in [4.69, 9.17) is 9.84 Å². The molecule has 0 amide bonds. The van der Waals surface area contributed by atoms with E-state index in [2.05, 4.69) is 5.32 Å². The molecule has 0 bridgehead atoms. The van der Waals surface area contributed by atoms with E-state index in [1.54, 1.807) is 0 Å². The number of esters is 1. The van der Waals surface area contributed by atoms with E-state index >= 15 is 0 Å². The van der Waals surface area contributed by atoms with Gasteiger partial charge in [-0.1, -0.05) is 37.3 Å². The molecule has 0 saturated carbocycles. The highest BCUT2D eigenvalue weighted by Crippen LogP contribution is 2.20. The van der Waals surface area contributed by atoms with Gasteiger partial charge in [0, 0.05) is 12.6 Å². The van der Waals surface area contributed by atoms with Crippen molar-refractivity contribution in [1.29, 1.82) is 0 Å². The molecule has 21 heavy (non-hydrogen) atoms. The third kappa shape index (κ3) is 4.29. The standard InChI is InChI=1S/C16H21NO4/c1-11(14-8-7-13(9-17-14)15(18)19)16(20)21-10-12-5-3-2-4-6-12/h2-6,11,13-14,17H,7-10H2,1H3,(H,18,19). The van der Waals surface area contributed by atoms with Crippen LogP contribution in [0.5, 0.6) is 0 Å². The zero-order valence-corrected chi connectivity index (χ0v) is 12.1. The Morgan fingerprint density at radius 3 is 2.62 bits per heavy atom. The summed E-state index contributed by atoms with van der Waals surface area (Å²) in [6.07, 6.45) is 1.28. The first-order chi connectivity index (χ1) is 10.1. The van der Waals surface area contributed by atoms with Crippen molar-refractivity contribution in [1.82, 2.24) is 5.32 Å². The van der Waals surface area contributed by atoms with Gasteiger partial charge in [0.1, 0.15) is 6.61 Å². The molecule has 1 heterocycles. The molecule has 1 fully saturated rings. The molecule has 5 heteroatoms. The number of ether oxygens (including phenoxy) is 1. The van der Waals surface area contributed by atoms with Gasteiger partial charge in [-0.15, -0.1) is 0 Å². The lowest BCUT2D eigenvalue weighted by atomic mass is 9.88. The minimum absolute atomic E-state index is 0.0103. The Balaban J connectivity index is 1.79. The fourth-order valence-electron chi connectivity index (χ4n) is 2.54. The van der Waals surface area contributed by atoms with Gasteiger partial charge in [0.05, 0.1) is 11.8 Å². The highest BCUT2D eigenvalue weighted by molar-refractivity contribution is 5.73. The van der Waals surface area contributed by atoms with E-state index < -0.39 is 5.97 Å². The van der Waals surface area contributed by atoms with Crippen molar-refractivity contribution in [2.75, 3.05) is 6.54 Å². The summed E-state index contributed by atoms with van der Waals surface area (Å²) >= 11 is 0. The van der Waals surface area contributed by atoms with E-state index in [-0.39, 0.29) is 30.5 Å². The van der Waals surface area contributed by atoms with E-state index in [1.165, 1.54) is 0 Å². The maximum absolute atomic E-state index is 12.1. The molecular formula is C16H21NO4. The molecule has 114 valence electrons. The molecule has 1 aromatic carbocycles.